The van der Waals surface area contributed by atoms with E-state index in [1.165, 1.54) is 50.2 Å². The van der Waals surface area contributed by atoms with Gasteiger partial charge in [-0.15, -0.1) is 0 Å². The minimum absolute atomic E-state index is 0.0766. The average Bonchev–Trinajstić information content (AvgIpc) is 2.88. The lowest BCUT2D eigenvalue weighted by Crippen LogP contribution is -2.31. The van der Waals surface area contributed by atoms with Crippen LogP contribution < -0.4 is 16.4 Å². The topological polar surface area (TPSA) is 91.0 Å². The molecule has 3 aromatic rings. The quantitative estimate of drug-likeness (QED) is 0.160. The normalized spacial score (nSPS) is 17.9. The molecular weight excluding hydrogens is 463 g/mol. The van der Waals surface area contributed by atoms with Crippen LogP contribution in [0.4, 0.5) is 21.5 Å². The Bertz CT molecular complexity index is 1250. The van der Waals surface area contributed by atoms with Crippen LogP contribution in [0, 0.1) is 17.1 Å². The van der Waals surface area contributed by atoms with Gasteiger partial charge in [0.25, 0.3) is 5.91 Å². The lowest BCUT2D eigenvalue weighted by atomic mass is 9.82. The number of hydrogen-bond acceptors (Lipinski definition) is 4. The number of halogens is 1. The molecule has 1 aliphatic carbocycles. The number of amidine groups is 1. The number of nitrogens with one attached hydrogen (secondary N) is 3. The van der Waals surface area contributed by atoms with Crippen LogP contribution in [0.5, 0.6) is 0 Å². The molecular formula is C31H37FN4O. The summed E-state index contributed by atoms with van der Waals surface area (Å²) in [4.78, 5) is 12.8. The van der Waals surface area contributed by atoms with Crippen LogP contribution in [0.25, 0.3) is 0 Å². The lowest BCUT2D eigenvalue weighted by molar-refractivity contribution is 0.0977. The summed E-state index contributed by atoms with van der Waals surface area (Å²) in [5.74, 6) is 0.570. The van der Waals surface area contributed by atoms with Crippen LogP contribution >= 0.6 is 0 Å². The van der Waals surface area contributed by atoms with Gasteiger partial charge in [-0.3, -0.25) is 10.2 Å². The Morgan fingerprint density at radius 3 is 2.51 bits per heavy atom. The van der Waals surface area contributed by atoms with Gasteiger partial charge in [0.2, 0.25) is 0 Å². The van der Waals surface area contributed by atoms with Crippen LogP contribution in [-0.2, 0) is 6.42 Å². The molecule has 194 valence electrons. The first-order valence-corrected chi connectivity index (χ1v) is 13.3. The molecule has 3 aromatic carbocycles. The van der Waals surface area contributed by atoms with Crippen molar-refractivity contribution < 1.29 is 9.18 Å². The van der Waals surface area contributed by atoms with E-state index in [4.69, 9.17) is 11.1 Å². The Morgan fingerprint density at radius 1 is 1.03 bits per heavy atom. The van der Waals surface area contributed by atoms with Crippen LogP contribution in [0.1, 0.15) is 85.3 Å². The first-order valence-electron chi connectivity index (χ1n) is 13.3. The third kappa shape index (κ3) is 6.56. The highest BCUT2D eigenvalue weighted by Gasteiger charge is 2.18. The molecule has 5 N–H and O–H groups in total. The van der Waals surface area contributed by atoms with Gasteiger partial charge in [-0.05, 0) is 78.6 Å². The summed E-state index contributed by atoms with van der Waals surface area (Å²) in [7, 11) is 0. The van der Waals surface area contributed by atoms with E-state index in [1.807, 2.05) is 25.1 Å². The van der Waals surface area contributed by atoms with Crippen molar-refractivity contribution in [1.82, 2.24) is 5.32 Å². The number of carbonyl (C=O) groups is 1. The number of para-hydroxylation sites is 1. The molecule has 1 amide bonds. The second kappa shape index (κ2) is 12.0. The van der Waals surface area contributed by atoms with Gasteiger partial charge in [0.1, 0.15) is 11.7 Å². The predicted molar refractivity (Wildman–Crippen MR) is 150 cm³/mol. The monoisotopic (exact) mass is 500 g/mol. The molecule has 2 atom stereocenters. The first kappa shape index (κ1) is 26.4. The Kier molecular flexibility index (Phi) is 8.59. The molecule has 4 rings (SSSR count). The van der Waals surface area contributed by atoms with Gasteiger partial charge in [0.05, 0.1) is 5.69 Å². The summed E-state index contributed by atoms with van der Waals surface area (Å²) in [5.41, 5.74) is 10.6. The van der Waals surface area contributed by atoms with Gasteiger partial charge in [0.15, 0.2) is 0 Å². The zero-order valence-corrected chi connectivity index (χ0v) is 21.7. The number of aryl methyl sites for hydroxylation is 1. The second-order valence-electron chi connectivity index (χ2n) is 10.2. The molecule has 0 heterocycles. The number of hydrogen-bond donors (Lipinski definition) is 4. The molecule has 0 aliphatic heterocycles. The number of amides is 1. The fraction of sp³-hybridized carbons (Fsp3) is 0.355. The van der Waals surface area contributed by atoms with Gasteiger partial charge in [-0.25, -0.2) is 4.39 Å². The van der Waals surface area contributed by atoms with Crippen molar-refractivity contribution in [2.45, 2.75) is 64.7 Å². The van der Waals surface area contributed by atoms with Gasteiger partial charge in [-0.2, -0.15) is 0 Å². The van der Waals surface area contributed by atoms with Gasteiger partial charge < -0.3 is 16.4 Å². The zero-order valence-electron chi connectivity index (χ0n) is 21.7. The number of benzene rings is 3. The fourth-order valence-electron chi connectivity index (χ4n) is 5.17. The Balaban J connectivity index is 1.40. The van der Waals surface area contributed by atoms with E-state index in [0.717, 1.165) is 11.5 Å². The van der Waals surface area contributed by atoms with Crippen LogP contribution in [0.3, 0.4) is 0 Å². The molecule has 6 heteroatoms. The Labute approximate surface area is 219 Å². The summed E-state index contributed by atoms with van der Waals surface area (Å²) in [6.07, 6.45) is 8.20. The molecule has 1 saturated carbocycles. The molecule has 0 saturated heterocycles. The highest BCUT2D eigenvalue weighted by molar-refractivity contribution is 6.13. The van der Waals surface area contributed by atoms with Crippen molar-refractivity contribution in [2.75, 3.05) is 11.1 Å². The van der Waals surface area contributed by atoms with E-state index in [0.29, 0.717) is 40.5 Å². The number of anilines is 3. The van der Waals surface area contributed by atoms with E-state index in [-0.39, 0.29) is 17.6 Å². The molecule has 37 heavy (non-hydrogen) atoms. The van der Waals surface area contributed by atoms with E-state index >= 15 is 0 Å². The average molecular weight is 501 g/mol. The fourth-order valence-corrected chi connectivity index (χ4v) is 5.17. The highest BCUT2D eigenvalue weighted by atomic mass is 19.1. The molecule has 0 bridgehead atoms. The van der Waals surface area contributed by atoms with Crippen molar-refractivity contribution in [1.29, 1.82) is 5.41 Å². The van der Waals surface area contributed by atoms with Crippen LogP contribution in [0.2, 0.25) is 0 Å². The third-order valence-electron chi connectivity index (χ3n) is 7.46. The molecule has 1 fully saturated rings. The SMILES string of the molecule is CCc1cccc(F)c1Nc1ccc(C(=N)NC(=O)c2ccc(C3CCCCC(C)CC3)cc2)c(N)c1. The van der Waals surface area contributed by atoms with E-state index in [1.54, 1.807) is 24.3 Å². The van der Waals surface area contributed by atoms with Crippen molar-refractivity contribution in [3.8, 4) is 0 Å². The molecule has 5 nitrogen and oxygen atoms in total. The molecule has 2 unspecified atom stereocenters. The van der Waals surface area contributed by atoms with E-state index in [2.05, 4.69) is 29.7 Å². The molecule has 1 aliphatic rings. The lowest BCUT2D eigenvalue weighted by Gasteiger charge is -2.23. The summed E-state index contributed by atoms with van der Waals surface area (Å²) >= 11 is 0. The Hall–Kier alpha value is -3.67. The summed E-state index contributed by atoms with van der Waals surface area (Å²) in [6, 6.07) is 17.8. The largest absolute Gasteiger partial charge is 0.398 e. The highest BCUT2D eigenvalue weighted by Crippen LogP contribution is 2.33. The second-order valence-corrected chi connectivity index (χ2v) is 10.2. The molecule has 0 radical (unpaired) electrons. The van der Waals surface area contributed by atoms with E-state index < -0.39 is 0 Å². The van der Waals surface area contributed by atoms with Crippen molar-refractivity contribution in [3.63, 3.8) is 0 Å². The number of nitrogen functional groups attached to an aromatic ring is 1. The predicted octanol–water partition coefficient (Wildman–Crippen LogP) is 7.54. The number of rotatable bonds is 6. The van der Waals surface area contributed by atoms with E-state index in [9.17, 15) is 9.18 Å². The van der Waals surface area contributed by atoms with Crippen LogP contribution in [-0.4, -0.2) is 11.7 Å². The van der Waals surface area contributed by atoms with Gasteiger partial charge >= 0.3 is 0 Å². The third-order valence-corrected chi connectivity index (χ3v) is 7.46. The maximum Gasteiger partial charge on any atom is 0.256 e. The summed E-state index contributed by atoms with van der Waals surface area (Å²) < 4.78 is 14.3. The van der Waals surface area contributed by atoms with Crippen molar-refractivity contribution >= 4 is 28.8 Å². The summed E-state index contributed by atoms with van der Waals surface area (Å²) in [6.45, 7) is 4.31. The standard InChI is InChI=1S/C31H37FN4O/c1-3-21-9-6-10-27(32)29(21)35-25-17-18-26(28(33)19-25)30(34)36-31(37)24-15-13-23(14-16-24)22-8-5-4-7-20(2)11-12-22/h6,9-10,13-20,22,35H,3-5,7-8,11-12,33H2,1-2H3,(H2,34,36,37). The summed E-state index contributed by atoms with van der Waals surface area (Å²) in [5, 5.41) is 14.2. The molecule has 0 aromatic heterocycles. The van der Waals surface area contributed by atoms with Gasteiger partial charge in [0, 0.05) is 22.5 Å². The Morgan fingerprint density at radius 2 is 1.78 bits per heavy atom. The smallest absolute Gasteiger partial charge is 0.256 e. The maximum absolute atomic E-state index is 14.3. The number of nitrogens with two attached hydrogens (primary N) is 1. The zero-order chi connectivity index (χ0) is 26.4. The first-order chi connectivity index (χ1) is 17.9. The van der Waals surface area contributed by atoms with Crippen LogP contribution in [0.15, 0.2) is 60.7 Å². The molecule has 0 spiro atoms. The van der Waals surface area contributed by atoms with Crippen molar-refractivity contribution in [2.24, 2.45) is 5.92 Å². The maximum atomic E-state index is 14.3. The number of carbonyl (C=O) groups excluding carboxylic acids is 1. The minimum atomic E-state index is -0.344. The van der Waals surface area contributed by atoms with Crippen molar-refractivity contribution in [3.05, 3.63) is 88.7 Å². The van der Waals surface area contributed by atoms with Gasteiger partial charge in [-0.1, -0.05) is 63.8 Å². The minimum Gasteiger partial charge on any atom is -0.398 e.